The lowest BCUT2D eigenvalue weighted by atomic mass is 9.87. The quantitative estimate of drug-likeness (QED) is 0.409. The molecule has 0 unspecified atom stereocenters. The van der Waals surface area contributed by atoms with Crippen LogP contribution in [0.3, 0.4) is 0 Å². The van der Waals surface area contributed by atoms with Crippen molar-refractivity contribution in [2.75, 3.05) is 6.61 Å². The van der Waals surface area contributed by atoms with Crippen LogP contribution in [0.4, 0.5) is 0 Å². The van der Waals surface area contributed by atoms with Gasteiger partial charge < -0.3 is 18.7 Å². The molecular formula is C26H32N2O5. The van der Waals surface area contributed by atoms with Crippen LogP contribution in [-0.4, -0.2) is 28.3 Å². The van der Waals surface area contributed by atoms with E-state index in [4.69, 9.17) is 18.7 Å². The molecule has 1 heterocycles. The van der Waals surface area contributed by atoms with E-state index < -0.39 is 11.6 Å². The molecule has 0 aliphatic heterocycles. The first kappa shape index (κ1) is 24.3. The number of aryl methyl sites for hydroxylation is 1. The van der Waals surface area contributed by atoms with Gasteiger partial charge in [-0.3, -0.25) is 0 Å². The lowest BCUT2D eigenvalue weighted by molar-refractivity contribution is -0.158. The monoisotopic (exact) mass is 452 g/mol. The fraction of sp³-hybridized carbons (Fsp3) is 0.423. The normalized spacial score (nSPS) is 11.8. The fourth-order valence-electron chi connectivity index (χ4n) is 3.14. The third kappa shape index (κ3) is 6.12. The summed E-state index contributed by atoms with van der Waals surface area (Å²) in [6.07, 6.45) is 0. The lowest BCUT2D eigenvalue weighted by Gasteiger charge is -2.25. The van der Waals surface area contributed by atoms with E-state index in [-0.39, 0.29) is 12.0 Å². The average Bonchev–Trinajstić information content (AvgIpc) is 3.23. The molecule has 33 heavy (non-hydrogen) atoms. The van der Waals surface area contributed by atoms with Crippen molar-refractivity contribution in [2.45, 2.75) is 66.1 Å². The second kappa shape index (κ2) is 9.65. The second-order valence-electron chi connectivity index (χ2n) is 9.39. The van der Waals surface area contributed by atoms with Gasteiger partial charge in [0.1, 0.15) is 11.5 Å². The zero-order valence-electron chi connectivity index (χ0n) is 20.4. The van der Waals surface area contributed by atoms with Crippen molar-refractivity contribution in [1.82, 2.24) is 10.1 Å². The summed E-state index contributed by atoms with van der Waals surface area (Å²) in [4.78, 5) is 16.5. The molecule has 7 heteroatoms. The average molecular weight is 453 g/mol. The van der Waals surface area contributed by atoms with Crippen LogP contribution in [0.2, 0.25) is 0 Å². The molecule has 3 aromatic rings. The molecule has 0 amide bonds. The molecule has 0 fully saturated rings. The van der Waals surface area contributed by atoms with Crippen LogP contribution in [0.25, 0.3) is 11.4 Å². The van der Waals surface area contributed by atoms with Gasteiger partial charge >= 0.3 is 5.97 Å². The van der Waals surface area contributed by atoms with Crippen molar-refractivity contribution in [2.24, 2.45) is 0 Å². The number of rotatable bonds is 8. The highest BCUT2D eigenvalue weighted by Gasteiger charge is 2.32. The van der Waals surface area contributed by atoms with Crippen LogP contribution in [0.5, 0.6) is 11.5 Å². The number of hydrogen-bond acceptors (Lipinski definition) is 7. The third-order valence-electron chi connectivity index (χ3n) is 5.12. The standard InChI is InChI=1S/C26H32N2O5/c1-8-30-24(29)26(6,7)32-21-14-13-20(15-17(21)2)31-16-22-27-23(28-33-22)18-9-11-19(12-10-18)25(3,4)5/h9-15H,8,16H2,1-7H3. The number of benzene rings is 2. The Morgan fingerprint density at radius 2 is 1.73 bits per heavy atom. The first-order valence-corrected chi connectivity index (χ1v) is 11.0. The summed E-state index contributed by atoms with van der Waals surface area (Å²) < 4.78 is 22.1. The summed E-state index contributed by atoms with van der Waals surface area (Å²) in [6, 6.07) is 13.5. The van der Waals surface area contributed by atoms with Gasteiger partial charge in [0.05, 0.1) is 6.61 Å². The molecule has 0 aliphatic carbocycles. The van der Waals surface area contributed by atoms with E-state index in [1.54, 1.807) is 32.9 Å². The Hall–Kier alpha value is -3.35. The Bertz CT molecular complexity index is 1090. The Labute approximate surface area is 195 Å². The Kier molecular flexibility index (Phi) is 7.10. The first-order chi connectivity index (χ1) is 15.5. The second-order valence-corrected chi connectivity index (χ2v) is 9.39. The largest absolute Gasteiger partial charge is 0.484 e. The summed E-state index contributed by atoms with van der Waals surface area (Å²) >= 11 is 0. The SMILES string of the molecule is CCOC(=O)C(C)(C)Oc1ccc(OCc2nc(-c3ccc(C(C)(C)C)cc3)no2)cc1C. The van der Waals surface area contributed by atoms with Gasteiger partial charge in [-0.1, -0.05) is 50.2 Å². The molecule has 7 nitrogen and oxygen atoms in total. The van der Waals surface area contributed by atoms with Crippen LogP contribution in [0.1, 0.15) is 58.6 Å². The highest BCUT2D eigenvalue weighted by Crippen LogP contribution is 2.28. The summed E-state index contributed by atoms with van der Waals surface area (Å²) in [5, 5.41) is 4.06. The number of aromatic nitrogens is 2. The number of hydrogen-bond donors (Lipinski definition) is 0. The van der Waals surface area contributed by atoms with Crippen molar-refractivity contribution >= 4 is 5.97 Å². The van der Waals surface area contributed by atoms with Gasteiger partial charge in [-0.25, -0.2) is 4.79 Å². The first-order valence-electron chi connectivity index (χ1n) is 11.0. The van der Waals surface area contributed by atoms with Gasteiger partial charge in [0.25, 0.3) is 5.89 Å². The van der Waals surface area contributed by atoms with Crippen LogP contribution >= 0.6 is 0 Å². The molecule has 0 aliphatic rings. The minimum absolute atomic E-state index is 0.0854. The van der Waals surface area contributed by atoms with Crippen LogP contribution in [0.15, 0.2) is 47.0 Å². The van der Waals surface area contributed by atoms with E-state index in [1.807, 2.05) is 25.1 Å². The topological polar surface area (TPSA) is 83.7 Å². The van der Waals surface area contributed by atoms with E-state index in [9.17, 15) is 4.79 Å². The number of esters is 1. The van der Waals surface area contributed by atoms with Gasteiger partial charge in [0.15, 0.2) is 12.2 Å². The molecule has 0 spiro atoms. The predicted octanol–water partition coefficient (Wildman–Crippen LogP) is 5.64. The van der Waals surface area contributed by atoms with Crippen LogP contribution < -0.4 is 9.47 Å². The van der Waals surface area contributed by atoms with Gasteiger partial charge in [0.2, 0.25) is 5.82 Å². The summed E-state index contributed by atoms with van der Waals surface area (Å²) in [7, 11) is 0. The maximum atomic E-state index is 12.1. The maximum Gasteiger partial charge on any atom is 0.349 e. The molecule has 3 rings (SSSR count). The molecule has 0 atom stereocenters. The zero-order valence-corrected chi connectivity index (χ0v) is 20.4. The number of ether oxygens (including phenoxy) is 3. The van der Waals surface area contributed by atoms with E-state index in [1.165, 1.54) is 5.56 Å². The molecule has 0 saturated carbocycles. The summed E-state index contributed by atoms with van der Waals surface area (Å²) in [5.41, 5.74) is 1.96. The van der Waals surface area contributed by atoms with Crippen molar-refractivity contribution in [3.8, 4) is 22.9 Å². The van der Waals surface area contributed by atoms with Crippen molar-refractivity contribution in [1.29, 1.82) is 0 Å². The smallest absolute Gasteiger partial charge is 0.349 e. The highest BCUT2D eigenvalue weighted by molar-refractivity contribution is 5.79. The van der Waals surface area contributed by atoms with E-state index >= 15 is 0 Å². The summed E-state index contributed by atoms with van der Waals surface area (Å²) in [5.74, 6) is 1.70. The van der Waals surface area contributed by atoms with E-state index in [2.05, 4.69) is 43.0 Å². The van der Waals surface area contributed by atoms with Gasteiger partial charge in [0, 0.05) is 5.56 Å². The van der Waals surface area contributed by atoms with Crippen LogP contribution in [0, 0.1) is 6.92 Å². The number of carbonyl (C=O) groups excluding carboxylic acids is 1. The molecular weight excluding hydrogens is 420 g/mol. The van der Waals surface area contributed by atoms with Crippen LogP contribution in [-0.2, 0) is 21.6 Å². The third-order valence-corrected chi connectivity index (χ3v) is 5.12. The van der Waals surface area contributed by atoms with Gasteiger partial charge in [-0.05, 0) is 62.4 Å². The Morgan fingerprint density at radius 3 is 2.33 bits per heavy atom. The number of nitrogens with zero attached hydrogens (tertiary/aromatic N) is 2. The Morgan fingerprint density at radius 1 is 1.03 bits per heavy atom. The van der Waals surface area contributed by atoms with Crippen molar-refractivity contribution in [3.63, 3.8) is 0 Å². The molecule has 0 bridgehead atoms. The lowest BCUT2D eigenvalue weighted by Crippen LogP contribution is -2.39. The number of carbonyl (C=O) groups is 1. The molecule has 2 aromatic carbocycles. The zero-order chi connectivity index (χ0) is 24.2. The molecule has 0 N–H and O–H groups in total. The Balaban J connectivity index is 1.62. The molecule has 0 saturated heterocycles. The summed E-state index contributed by atoms with van der Waals surface area (Å²) in [6.45, 7) is 14.0. The highest BCUT2D eigenvalue weighted by atomic mass is 16.6. The fourth-order valence-corrected chi connectivity index (χ4v) is 3.14. The molecule has 1 aromatic heterocycles. The minimum Gasteiger partial charge on any atom is -0.484 e. The van der Waals surface area contributed by atoms with Crippen molar-refractivity contribution in [3.05, 3.63) is 59.5 Å². The maximum absolute atomic E-state index is 12.1. The van der Waals surface area contributed by atoms with E-state index in [0.717, 1.165) is 11.1 Å². The molecule has 176 valence electrons. The minimum atomic E-state index is -1.09. The van der Waals surface area contributed by atoms with Gasteiger partial charge in [-0.15, -0.1) is 0 Å². The van der Waals surface area contributed by atoms with E-state index in [0.29, 0.717) is 29.8 Å². The predicted molar refractivity (Wildman–Crippen MR) is 125 cm³/mol. The molecule has 0 radical (unpaired) electrons. The van der Waals surface area contributed by atoms with Gasteiger partial charge in [-0.2, -0.15) is 4.98 Å². The van der Waals surface area contributed by atoms with Crippen molar-refractivity contribution < 1.29 is 23.5 Å².